The molecular formula is C18H30N2O4. The summed E-state index contributed by atoms with van der Waals surface area (Å²) in [5.41, 5.74) is -1.09. The molecule has 0 radical (unpaired) electrons. The summed E-state index contributed by atoms with van der Waals surface area (Å²) in [5.74, 6) is 2.70. The van der Waals surface area contributed by atoms with Crippen LogP contribution in [-0.4, -0.2) is 47.4 Å². The van der Waals surface area contributed by atoms with Crippen LogP contribution < -0.4 is 5.32 Å². The number of nitrogens with zero attached hydrogens (tertiary/aromatic N) is 1. The number of hydrogen-bond acceptors (Lipinski definition) is 4. The van der Waals surface area contributed by atoms with Crippen molar-refractivity contribution in [2.75, 3.05) is 13.1 Å². The summed E-state index contributed by atoms with van der Waals surface area (Å²) >= 11 is 0. The van der Waals surface area contributed by atoms with Crippen molar-refractivity contribution in [3.63, 3.8) is 0 Å². The molecule has 2 amide bonds. The van der Waals surface area contributed by atoms with Crippen molar-refractivity contribution in [2.24, 2.45) is 5.92 Å². The lowest BCUT2D eigenvalue weighted by molar-refractivity contribution is 0.0211. The van der Waals surface area contributed by atoms with Gasteiger partial charge in [-0.15, -0.1) is 12.3 Å². The van der Waals surface area contributed by atoms with E-state index in [1.54, 1.807) is 4.90 Å². The molecule has 0 aromatic heterocycles. The smallest absolute Gasteiger partial charge is 0.410 e. The quantitative estimate of drug-likeness (QED) is 0.803. The molecule has 1 heterocycles. The van der Waals surface area contributed by atoms with Crippen LogP contribution in [0.15, 0.2) is 0 Å². The summed E-state index contributed by atoms with van der Waals surface area (Å²) < 4.78 is 10.7. The van der Waals surface area contributed by atoms with Crippen LogP contribution in [0.2, 0.25) is 0 Å². The maximum absolute atomic E-state index is 12.3. The lowest BCUT2D eigenvalue weighted by atomic mass is 9.98. The zero-order valence-electron chi connectivity index (χ0n) is 15.6. The van der Waals surface area contributed by atoms with Gasteiger partial charge in [-0.05, 0) is 53.9 Å². The number of hydrogen-bond donors (Lipinski definition) is 1. The van der Waals surface area contributed by atoms with Crippen LogP contribution >= 0.6 is 0 Å². The van der Waals surface area contributed by atoms with Gasteiger partial charge >= 0.3 is 12.2 Å². The summed E-state index contributed by atoms with van der Waals surface area (Å²) in [5, 5.41) is 2.77. The van der Waals surface area contributed by atoms with Gasteiger partial charge in [-0.2, -0.15) is 0 Å². The number of carbonyl (C=O) groups excluding carboxylic acids is 2. The topological polar surface area (TPSA) is 67.9 Å². The standard InChI is InChI=1S/C18H30N2O4/c1-8-9-14-13(12-19-15(21)23-17(2,3)4)10-11-20(14)16(22)24-18(5,6)7/h1,13-14H,9-12H2,2-7H3,(H,19,21)/t13-,14+/m1/s1. The normalized spacial score (nSPS) is 21.1. The lowest BCUT2D eigenvalue weighted by Gasteiger charge is -2.30. The fourth-order valence-electron chi connectivity index (χ4n) is 2.63. The third kappa shape index (κ3) is 6.69. The van der Waals surface area contributed by atoms with Crippen molar-refractivity contribution >= 4 is 12.2 Å². The van der Waals surface area contributed by atoms with Gasteiger partial charge in [0.25, 0.3) is 0 Å². The number of likely N-dealkylation sites (tertiary alicyclic amines) is 1. The van der Waals surface area contributed by atoms with Crippen LogP contribution in [0.4, 0.5) is 9.59 Å². The first-order chi connectivity index (χ1) is 10.9. The molecule has 1 aliphatic heterocycles. The Hall–Kier alpha value is -1.90. The van der Waals surface area contributed by atoms with Gasteiger partial charge in [0.2, 0.25) is 0 Å². The number of nitrogens with one attached hydrogen (secondary N) is 1. The molecule has 1 N–H and O–H groups in total. The maximum Gasteiger partial charge on any atom is 0.410 e. The SMILES string of the molecule is C#CC[C@H]1[C@@H](CNC(=O)OC(C)(C)C)CCN1C(=O)OC(C)(C)C. The van der Waals surface area contributed by atoms with Crippen LogP contribution in [0.25, 0.3) is 0 Å². The molecule has 0 spiro atoms. The fourth-order valence-corrected chi connectivity index (χ4v) is 2.63. The molecule has 0 bridgehead atoms. The van der Waals surface area contributed by atoms with E-state index in [0.717, 1.165) is 6.42 Å². The van der Waals surface area contributed by atoms with Gasteiger partial charge in [0.1, 0.15) is 11.2 Å². The molecular weight excluding hydrogens is 308 g/mol. The van der Waals surface area contributed by atoms with E-state index < -0.39 is 17.3 Å². The number of amides is 2. The van der Waals surface area contributed by atoms with Crippen molar-refractivity contribution in [2.45, 2.75) is 71.6 Å². The Bertz CT molecular complexity index is 497. The number of ether oxygens (including phenoxy) is 2. The van der Waals surface area contributed by atoms with Crippen LogP contribution in [0.5, 0.6) is 0 Å². The fraction of sp³-hybridized carbons (Fsp3) is 0.778. The first kappa shape index (κ1) is 20.1. The lowest BCUT2D eigenvalue weighted by Crippen LogP contribution is -2.43. The van der Waals surface area contributed by atoms with Gasteiger partial charge in [0.15, 0.2) is 0 Å². The van der Waals surface area contributed by atoms with Crippen LogP contribution in [0, 0.1) is 18.3 Å². The summed E-state index contributed by atoms with van der Waals surface area (Å²) in [6.45, 7) is 11.9. The van der Waals surface area contributed by atoms with E-state index in [-0.39, 0.29) is 18.1 Å². The molecule has 0 aromatic carbocycles. The second-order valence-electron chi connectivity index (χ2n) is 8.08. The van der Waals surface area contributed by atoms with Crippen molar-refractivity contribution in [1.82, 2.24) is 10.2 Å². The molecule has 136 valence electrons. The minimum absolute atomic E-state index is 0.0843. The Morgan fingerprint density at radius 1 is 1.17 bits per heavy atom. The van der Waals surface area contributed by atoms with Crippen LogP contribution in [0.1, 0.15) is 54.4 Å². The first-order valence-corrected chi connectivity index (χ1v) is 8.33. The minimum atomic E-state index is -0.551. The maximum atomic E-state index is 12.3. The molecule has 0 saturated carbocycles. The van der Waals surface area contributed by atoms with Gasteiger partial charge in [-0.3, -0.25) is 0 Å². The molecule has 6 heteroatoms. The highest BCUT2D eigenvalue weighted by molar-refractivity contribution is 5.69. The number of alkyl carbamates (subject to hydrolysis) is 1. The summed E-state index contributed by atoms with van der Waals surface area (Å²) in [4.78, 5) is 25.8. The highest BCUT2D eigenvalue weighted by atomic mass is 16.6. The Morgan fingerprint density at radius 2 is 1.75 bits per heavy atom. The molecule has 0 aliphatic carbocycles. The Labute approximate surface area is 145 Å². The average molecular weight is 338 g/mol. The van der Waals surface area contributed by atoms with Gasteiger partial charge in [-0.25, -0.2) is 9.59 Å². The van der Waals surface area contributed by atoms with Crippen LogP contribution in [0.3, 0.4) is 0 Å². The van der Waals surface area contributed by atoms with Gasteiger partial charge in [0, 0.05) is 19.5 Å². The molecule has 1 aliphatic rings. The average Bonchev–Trinajstić information content (AvgIpc) is 2.76. The molecule has 1 rings (SSSR count). The number of terminal acetylenes is 1. The predicted octanol–water partition coefficient (Wildman–Crippen LogP) is 3.16. The molecule has 1 fully saturated rings. The molecule has 1 saturated heterocycles. The van der Waals surface area contributed by atoms with E-state index >= 15 is 0 Å². The van der Waals surface area contributed by atoms with Crippen molar-refractivity contribution in [3.8, 4) is 12.3 Å². The zero-order valence-corrected chi connectivity index (χ0v) is 15.6. The van der Waals surface area contributed by atoms with E-state index in [4.69, 9.17) is 15.9 Å². The highest BCUT2D eigenvalue weighted by Crippen LogP contribution is 2.28. The zero-order chi connectivity index (χ0) is 18.5. The molecule has 0 unspecified atom stereocenters. The second-order valence-corrected chi connectivity index (χ2v) is 8.08. The molecule has 24 heavy (non-hydrogen) atoms. The Morgan fingerprint density at radius 3 is 2.25 bits per heavy atom. The minimum Gasteiger partial charge on any atom is -0.444 e. The monoisotopic (exact) mass is 338 g/mol. The van der Waals surface area contributed by atoms with E-state index in [9.17, 15) is 9.59 Å². The van der Waals surface area contributed by atoms with Gasteiger partial charge < -0.3 is 19.7 Å². The first-order valence-electron chi connectivity index (χ1n) is 8.33. The van der Waals surface area contributed by atoms with E-state index in [1.165, 1.54) is 0 Å². The van der Waals surface area contributed by atoms with E-state index in [0.29, 0.717) is 19.5 Å². The summed E-state index contributed by atoms with van der Waals surface area (Å²) in [6, 6.07) is -0.139. The molecule has 0 aromatic rings. The Balaban J connectivity index is 2.65. The van der Waals surface area contributed by atoms with Crippen molar-refractivity contribution in [1.29, 1.82) is 0 Å². The Kier molecular flexibility index (Phi) is 6.53. The van der Waals surface area contributed by atoms with E-state index in [2.05, 4.69) is 11.2 Å². The van der Waals surface area contributed by atoms with Crippen molar-refractivity contribution in [3.05, 3.63) is 0 Å². The highest BCUT2D eigenvalue weighted by Gasteiger charge is 2.38. The van der Waals surface area contributed by atoms with Crippen molar-refractivity contribution < 1.29 is 19.1 Å². The number of rotatable bonds is 3. The predicted molar refractivity (Wildman–Crippen MR) is 92.5 cm³/mol. The van der Waals surface area contributed by atoms with Crippen LogP contribution in [-0.2, 0) is 9.47 Å². The van der Waals surface area contributed by atoms with Gasteiger partial charge in [0.05, 0.1) is 6.04 Å². The summed E-state index contributed by atoms with van der Waals surface area (Å²) in [7, 11) is 0. The van der Waals surface area contributed by atoms with Gasteiger partial charge in [-0.1, -0.05) is 0 Å². The molecule has 2 atom stereocenters. The van der Waals surface area contributed by atoms with E-state index in [1.807, 2.05) is 41.5 Å². The second kappa shape index (κ2) is 7.78. The number of carbonyl (C=O) groups is 2. The largest absolute Gasteiger partial charge is 0.444 e. The molecule has 6 nitrogen and oxygen atoms in total. The third-order valence-corrected chi connectivity index (χ3v) is 3.55. The summed E-state index contributed by atoms with van der Waals surface area (Å²) in [6.07, 6.45) is 5.84. The third-order valence-electron chi connectivity index (χ3n) is 3.55.